The zero-order valence-corrected chi connectivity index (χ0v) is 7.29. The smallest absolute Gasteiger partial charge is 0.217 e. The van der Waals surface area contributed by atoms with E-state index in [1.807, 2.05) is 4.68 Å². The summed E-state index contributed by atoms with van der Waals surface area (Å²) in [5.41, 5.74) is 6.15. The number of amides is 1. The molecule has 1 aliphatic heterocycles. The summed E-state index contributed by atoms with van der Waals surface area (Å²) in [7, 11) is 0. The van der Waals surface area contributed by atoms with Crippen molar-refractivity contribution in [3.8, 4) is 0 Å². The van der Waals surface area contributed by atoms with Crippen LogP contribution in [0.15, 0.2) is 6.20 Å². The van der Waals surface area contributed by atoms with E-state index in [4.69, 9.17) is 5.73 Å². The lowest BCUT2D eigenvalue weighted by Crippen LogP contribution is -2.11. The summed E-state index contributed by atoms with van der Waals surface area (Å²) in [5, 5.41) is 7.40. The molecular weight excluding hydrogens is 168 g/mol. The number of nitrogens with one attached hydrogen (secondary N) is 1. The zero-order valence-electron chi connectivity index (χ0n) is 7.29. The number of nitrogens with two attached hydrogens (primary N) is 1. The molecule has 1 aromatic heterocycles. The number of rotatable bonds is 3. The molecule has 1 amide bonds. The molecule has 70 valence electrons. The monoisotopic (exact) mass is 180 g/mol. The molecule has 0 unspecified atom stereocenters. The fraction of sp³-hybridized carbons (Fsp3) is 0.500. The summed E-state index contributed by atoms with van der Waals surface area (Å²) in [6.07, 6.45) is 2.86. The van der Waals surface area contributed by atoms with E-state index >= 15 is 0 Å². The Balaban J connectivity index is 2.08. The van der Waals surface area contributed by atoms with Crippen molar-refractivity contribution >= 4 is 11.7 Å². The van der Waals surface area contributed by atoms with Crippen molar-refractivity contribution in [2.75, 3.05) is 11.9 Å². The molecule has 5 heteroatoms. The van der Waals surface area contributed by atoms with E-state index in [0.717, 1.165) is 24.5 Å². The molecule has 0 radical (unpaired) electrons. The van der Waals surface area contributed by atoms with Crippen molar-refractivity contribution < 1.29 is 4.79 Å². The second-order valence-electron chi connectivity index (χ2n) is 3.13. The topological polar surface area (TPSA) is 72.9 Å². The number of carbonyl (C=O) groups is 1. The van der Waals surface area contributed by atoms with Crippen LogP contribution in [-0.2, 0) is 17.8 Å². The van der Waals surface area contributed by atoms with Gasteiger partial charge in [-0.2, -0.15) is 5.10 Å². The lowest BCUT2D eigenvalue weighted by atomic mass is 10.2. The van der Waals surface area contributed by atoms with Crippen molar-refractivity contribution in [2.24, 2.45) is 5.73 Å². The van der Waals surface area contributed by atoms with E-state index in [9.17, 15) is 4.79 Å². The minimum Gasteiger partial charge on any atom is -0.370 e. The lowest BCUT2D eigenvalue weighted by molar-refractivity contribution is -0.117. The van der Waals surface area contributed by atoms with Crippen LogP contribution in [0.1, 0.15) is 12.0 Å². The number of nitrogens with zero attached hydrogens (tertiary/aromatic N) is 2. The Kier molecular flexibility index (Phi) is 1.92. The van der Waals surface area contributed by atoms with Gasteiger partial charge in [-0.25, -0.2) is 4.68 Å². The van der Waals surface area contributed by atoms with Crippen LogP contribution in [0.5, 0.6) is 0 Å². The molecule has 0 spiro atoms. The van der Waals surface area contributed by atoms with Gasteiger partial charge in [0.1, 0.15) is 5.82 Å². The average Bonchev–Trinajstić information content (AvgIpc) is 2.60. The fourth-order valence-corrected chi connectivity index (χ4v) is 1.52. The number of carbonyl (C=O) groups excluding carboxylic acids is 1. The third-order valence-electron chi connectivity index (χ3n) is 2.17. The second-order valence-corrected chi connectivity index (χ2v) is 3.13. The highest BCUT2D eigenvalue weighted by Gasteiger charge is 2.15. The average molecular weight is 180 g/mol. The number of anilines is 1. The number of primary amides is 1. The van der Waals surface area contributed by atoms with Gasteiger partial charge in [0.25, 0.3) is 0 Å². The van der Waals surface area contributed by atoms with Crippen LogP contribution in [0.3, 0.4) is 0 Å². The molecule has 0 saturated carbocycles. The second kappa shape index (κ2) is 3.08. The molecule has 2 heterocycles. The SMILES string of the molecule is NC(=O)CCc1cnn2c1NCC2. The predicted molar refractivity (Wildman–Crippen MR) is 48.2 cm³/mol. The van der Waals surface area contributed by atoms with Crippen LogP contribution < -0.4 is 11.1 Å². The van der Waals surface area contributed by atoms with Crippen LogP contribution in [-0.4, -0.2) is 22.2 Å². The van der Waals surface area contributed by atoms with Crippen molar-refractivity contribution in [2.45, 2.75) is 19.4 Å². The number of aromatic nitrogens is 2. The van der Waals surface area contributed by atoms with Crippen molar-refractivity contribution in [3.05, 3.63) is 11.8 Å². The van der Waals surface area contributed by atoms with Gasteiger partial charge in [-0.3, -0.25) is 4.79 Å². The van der Waals surface area contributed by atoms with Crippen molar-refractivity contribution in [1.82, 2.24) is 9.78 Å². The summed E-state index contributed by atoms with van der Waals surface area (Å²) in [6, 6.07) is 0. The Morgan fingerprint density at radius 3 is 3.38 bits per heavy atom. The Labute approximate surface area is 75.9 Å². The minimum absolute atomic E-state index is 0.266. The highest BCUT2D eigenvalue weighted by molar-refractivity contribution is 5.74. The number of hydrogen-bond donors (Lipinski definition) is 2. The summed E-state index contributed by atoms with van der Waals surface area (Å²) >= 11 is 0. The van der Waals surface area contributed by atoms with Crippen LogP contribution in [0.4, 0.5) is 5.82 Å². The zero-order chi connectivity index (χ0) is 9.26. The molecule has 0 saturated heterocycles. The molecule has 1 aromatic rings. The van der Waals surface area contributed by atoms with Gasteiger partial charge in [-0.05, 0) is 6.42 Å². The maximum absolute atomic E-state index is 10.6. The molecule has 2 rings (SSSR count). The van der Waals surface area contributed by atoms with Gasteiger partial charge in [0.2, 0.25) is 5.91 Å². The van der Waals surface area contributed by atoms with Gasteiger partial charge in [0.05, 0.1) is 12.7 Å². The van der Waals surface area contributed by atoms with Gasteiger partial charge < -0.3 is 11.1 Å². The molecule has 1 aliphatic rings. The maximum Gasteiger partial charge on any atom is 0.217 e. The van der Waals surface area contributed by atoms with Crippen molar-refractivity contribution in [1.29, 1.82) is 0 Å². The normalized spacial score (nSPS) is 13.8. The first kappa shape index (κ1) is 8.10. The highest BCUT2D eigenvalue weighted by Crippen LogP contribution is 2.20. The van der Waals surface area contributed by atoms with Gasteiger partial charge in [-0.1, -0.05) is 0 Å². The molecule has 0 bridgehead atoms. The first-order valence-electron chi connectivity index (χ1n) is 4.34. The largest absolute Gasteiger partial charge is 0.370 e. The van der Waals surface area contributed by atoms with Crippen molar-refractivity contribution in [3.63, 3.8) is 0 Å². The van der Waals surface area contributed by atoms with E-state index in [1.165, 1.54) is 0 Å². The van der Waals surface area contributed by atoms with E-state index in [1.54, 1.807) is 6.20 Å². The standard InChI is InChI=1S/C8H12N4O/c9-7(13)2-1-6-5-11-12-4-3-10-8(6)12/h5,10H,1-4H2,(H2,9,13). The molecule has 3 N–H and O–H groups in total. The summed E-state index contributed by atoms with van der Waals surface area (Å²) in [5.74, 6) is 0.777. The third kappa shape index (κ3) is 1.49. The van der Waals surface area contributed by atoms with E-state index in [0.29, 0.717) is 12.8 Å². The Morgan fingerprint density at radius 1 is 1.77 bits per heavy atom. The van der Waals surface area contributed by atoms with Crippen LogP contribution in [0.2, 0.25) is 0 Å². The van der Waals surface area contributed by atoms with Gasteiger partial charge >= 0.3 is 0 Å². The summed E-state index contributed by atoms with van der Waals surface area (Å²) in [6.45, 7) is 1.83. The van der Waals surface area contributed by atoms with Crippen LogP contribution in [0.25, 0.3) is 0 Å². The van der Waals surface area contributed by atoms with Gasteiger partial charge in [0, 0.05) is 18.5 Å². The highest BCUT2D eigenvalue weighted by atomic mass is 16.1. The molecule has 0 fully saturated rings. The van der Waals surface area contributed by atoms with Crippen LogP contribution >= 0.6 is 0 Å². The fourth-order valence-electron chi connectivity index (χ4n) is 1.52. The number of hydrogen-bond acceptors (Lipinski definition) is 3. The molecule has 0 aliphatic carbocycles. The Bertz CT molecular complexity index is 331. The third-order valence-corrected chi connectivity index (χ3v) is 2.17. The quantitative estimate of drug-likeness (QED) is 0.672. The lowest BCUT2D eigenvalue weighted by Gasteiger charge is -1.98. The number of aryl methyl sites for hydroxylation is 1. The van der Waals surface area contributed by atoms with E-state index in [-0.39, 0.29) is 5.91 Å². The Hall–Kier alpha value is -1.52. The molecule has 0 atom stereocenters. The minimum atomic E-state index is -0.266. The molecular formula is C8H12N4O. The first-order valence-corrected chi connectivity index (χ1v) is 4.34. The molecule has 5 nitrogen and oxygen atoms in total. The van der Waals surface area contributed by atoms with Gasteiger partial charge in [0.15, 0.2) is 0 Å². The van der Waals surface area contributed by atoms with E-state index < -0.39 is 0 Å². The first-order chi connectivity index (χ1) is 6.27. The molecule has 13 heavy (non-hydrogen) atoms. The Morgan fingerprint density at radius 2 is 2.62 bits per heavy atom. The molecule has 0 aromatic carbocycles. The van der Waals surface area contributed by atoms with E-state index in [2.05, 4.69) is 10.4 Å². The number of fused-ring (bicyclic) bond motifs is 1. The van der Waals surface area contributed by atoms with Gasteiger partial charge in [-0.15, -0.1) is 0 Å². The van der Waals surface area contributed by atoms with Crippen LogP contribution in [0, 0.1) is 0 Å². The maximum atomic E-state index is 10.6. The summed E-state index contributed by atoms with van der Waals surface area (Å²) in [4.78, 5) is 10.6. The summed E-state index contributed by atoms with van der Waals surface area (Å²) < 4.78 is 1.91. The predicted octanol–water partition coefficient (Wildman–Crippen LogP) is -0.274.